The second kappa shape index (κ2) is 7.08. The van der Waals surface area contributed by atoms with Crippen molar-refractivity contribution in [2.24, 2.45) is 0 Å². The van der Waals surface area contributed by atoms with E-state index < -0.39 is 0 Å². The fourth-order valence-corrected chi connectivity index (χ4v) is 3.74. The first kappa shape index (κ1) is 17.0. The lowest BCUT2D eigenvalue weighted by Gasteiger charge is -2.23. The molecule has 0 N–H and O–H groups in total. The van der Waals surface area contributed by atoms with Crippen molar-refractivity contribution in [3.63, 3.8) is 0 Å². The largest absolute Gasteiger partial charge is 0.473 e. The van der Waals surface area contributed by atoms with E-state index in [4.69, 9.17) is 9.72 Å². The summed E-state index contributed by atoms with van der Waals surface area (Å²) in [5.74, 6) is 0.814. The van der Waals surface area contributed by atoms with Crippen molar-refractivity contribution < 1.29 is 4.74 Å². The Bertz CT molecular complexity index is 920. The van der Waals surface area contributed by atoms with Gasteiger partial charge in [0.2, 0.25) is 5.88 Å². The quantitative estimate of drug-likeness (QED) is 0.665. The minimum absolute atomic E-state index is 0.176. The maximum absolute atomic E-state index is 6.32. The van der Waals surface area contributed by atoms with E-state index in [0.29, 0.717) is 0 Å². The Kier molecular flexibility index (Phi) is 4.64. The first-order valence-corrected chi connectivity index (χ1v) is 9.47. The van der Waals surface area contributed by atoms with Crippen LogP contribution in [0.2, 0.25) is 0 Å². The molecule has 0 radical (unpaired) electrons. The third-order valence-corrected chi connectivity index (χ3v) is 5.28. The average Bonchev–Trinajstić information content (AvgIpc) is 2.82. The van der Waals surface area contributed by atoms with Crippen LogP contribution in [0.1, 0.15) is 35.6 Å². The molecule has 3 aromatic rings. The molecule has 1 unspecified atom stereocenters. The van der Waals surface area contributed by atoms with Crippen LogP contribution in [-0.2, 0) is 13.1 Å². The molecule has 3 nitrogen and oxygen atoms in total. The second-order valence-electron chi connectivity index (χ2n) is 7.35. The number of pyridine rings is 1. The van der Waals surface area contributed by atoms with Crippen molar-refractivity contribution in [3.05, 3.63) is 70.8 Å². The highest BCUT2D eigenvalue weighted by Crippen LogP contribution is 2.31. The predicted molar refractivity (Wildman–Crippen MR) is 106 cm³/mol. The summed E-state index contributed by atoms with van der Waals surface area (Å²) in [6.07, 6.45) is 1.16. The van der Waals surface area contributed by atoms with Crippen molar-refractivity contribution in [1.82, 2.24) is 9.88 Å². The van der Waals surface area contributed by atoms with Crippen molar-refractivity contribution in [2.75, 3.05) is 6.54 Å². The first-order chi connectivity index (χ1) is 12.6. The maximum atomic E-state index is 6.32. The molecular weight excluding hydrogens is 320 g/mol. The molecule has 0 saturated heterocycles. The van der Waals surface area contributed by atoms with Crippen molar-refractivity contribution in [2.45, 2.75) is 46.4 Å². The van der Waals surface area contributed by atoms with Gasteiger partial charge in [-0.3, -0.25) is 4.90 Å². The number of nitrogens with zero attached hydrogens (tertiary/aromatic N) is 2. The summed E-state index contributed by atoms with van der Waals surface area (Å²) in [5.41, 5.74) is 6.07. The van der Waals surface area contributed by atoms with E-state index in [9.17, 15) is 0 Å². The Morgan fingerprint density at radius 2 is 1.85 bits per heavy atom. The van der Waals surface area contributed by atoms with E-state index >= 15 is 0 Å². The molecule has 3 heteroatoms. The Balaban J connectivity index is 1.74. The first-order valence-electron chi connectivity index (χ1n) is 9.47. The van der Waals surface area contributed by atoms with E-state index in [1.165, 1.54) is 27.6 Å². The average molecular weight is 346 g/mol. The van der Waals surface area contributed by atoms with Crippen LogP contribution in [-0.4, -0.2) is 22.5 Å². The van der Waals surface area contributed by atoms with Gasteiger partial charge in [0, 0.05) is 30.6 Å². The molecule has 1 aromatic heterocycles. The van der Waals surface area contributed by atoms with Gasteiger partial charge >= 0.3 is 0 Å². The van der Waals surface area contributed by atoms with Crippen molar-refractivity contribution >= 4 is 10.9 Å². The third-order valence-electron chi connectivity index (χ3n) is 5.28. The van der Waals surface area contributed by atoms with Crippen LogP contribution < -0.4 is 4.74 Å². The van der Waals surface area contributed by atoms with Crippen LogP contribution in [0.5, 0.6) is 5.88 Å². The molecule has 0 bridgehead atoms. The minimum atomic E-state index is 0.176. The SMILES string of the molecule is CCC1CN(Cc2ccccc2)Cc2cc3c(C)ccc(C)c3nc2O1. The second-order valence-corrected chi connectivity index (χ2v) is 7.35. The van der Waals surface area contributed by atoms with Gasteiger partial charge in [-0.2, -0.15) is 0 Å². The molecule has 0 fully saturated rings. The fourth-order valence-electron chi connectivity index (χ4n) is 3.74. The van der Waals surface area contributed by atoms with E-state index in [2.05, 4.69) is 74.2 Å². The third kappa shape index (κ3) is 3.32. The summed E-state index contributed by atoms with van der Waals surface area (Å²) in [6.45, 7) is 9.20. The number of fused-ring (bicyclic) bond motifs is 2. The molecule has 0 saturated carbocycles. The Morgan fingerprint density at radius 3 is 2.62 bits per heavy atom. The molecule has 0 amide bonds. The number of rotatable bonds is 3. The molecule has 134 valence electrons. The molecular formula is C23H26N2O. The lowest BCUT2D eigenvalue weighted by atomic mass is 10.0. The van der Waals surface area contributed by atoms with Crippen LogP contribution in [0.3, 0.4) is 0 Å². The number of hydrogen-bond acceptors (Lipinski definition) is 3. The van der Waals surface area contributed by atoms with Crippen LogP contribution in [0, 0.1) is 13.8 Å². The van der Waals surface area contributed by atoms with E-state index in [1.54, 1.807) is 0 Å². The zero-order valence-electron chi connectivity index (χ0n) is 15.8. The number of aromatic nitrogens is 1. The summed E-state index contributed by atoms with van der Waals surface area (Å²) in [7, 11) is 0. The standard InChI is InChI=1S/C23H26N2O/c1-4-20-15-25(13-18-8-6-5-7-9-18)14-19-12-21-16(2)10-11-17(3)22(21)24-23(19)26-20/h5-12,20H,4,13-15H2,1-3H3. The smallest absolute Gasteiger partial charge is 0.218 e. The summed E-state index contributed by atoms with van der Waals surface area (Å²) < 4.78 is 6.32. The van der Waals surface area contributed by atoms with Gasteiger partial charge in [0.1, 0.15) is 6.10 Å². The highest BCUT2D eigenvalue weighted by atomic mass is 16.5. The van der Waals surface area contributed by atoms with Crippen LogP contribution >= 0.6 is 0 Å². The molecule has 1 aliphatic rings. The van der Waals surface area contributed by atoms with Crippen LogP contribution in [0.4, 0.5) is 0 Å². The zero-order valence-corrected chi connectivity index (χ0v) is 15.8. The van der Waals surface area contributed by atoms with Gasteiger partial charge in [-0.05, 0) is 43.0 Å². The normalized spacial score (nSPS) is 17.6. The maximum Gasteiger partial charge on any atom is 0.218 e. The Labute approximate surface area is 155 Å². The van der Waals surface area contributed by atoms with E-state index in [0.717, 1.165) is 37.5 Å². The number of aryl methyl sites for hydroxylation is 2. The molecule has 26 heavy (non-hydrogen) atoms. The molecule has 0 aliphatic carbocycles. The Morgan fingerprint density at radius 1 is 1.08 bits per heavy atom. The van der Waals surface area contributed by atoms with Crippen molar-refractivity contribution in [1.29, 1.82) is 0 Å². The summed E-state index contributed by atoms with van der Waals surface area (Å²) >= 11 is 0. The van der Waals surface area contributed by atoms with Crippen LogP contribution in [0.25, 0.3) is 10.9 Å². The molecule has 0 spiro atoms. The molecule has 2 aromatic carbocycles. The Hall–Kier alpha value is -2.39. The summed E-state index contributed by atoms with van der Waals surface area (Å²) in [4.78, 5) is 7.41. The molecule has 4 rings (SSSR count). The van der Waals surface area contributed by atoms with Gasteiger partial charge in [-0.15, -0.1) is 0 Å². The van der Waals surface area contributed by atoms with E-state index in [-0.39, 0.29) is 6.10 Å². The van der Waals surface area contributed by atoms with Gasteiger partial charge in [0.15, 0.2) is 0 Å². The number of benzene rings is 2. The molecule has 1 atom stereocenters. The topological polar surface area (TPSA) is 25.4 Å². The van der Waals surface area contributed by atoms with Gasteiger partial charge < -0.3 is 4.74 Å². The van der Waals surface area contributed by atoms with Gasteiger partial charge in [-0.25, -0.2) is 4.98 Å². The predicted octanol–water partition coefficient (Wildman–Crippen LogP) is 5.02. The monoisotopic (exact) mass is 346 g/mol. The van der Waals surface area contributed by atoms with E-state index in [1.807, 2.05) is 0 Å². The fraction of sp³-hybridized carbons (Fsp3) is 0.348. The molecule has 2 heterocycles. The number of hydrogen-bond donors (Lipinski definition) is 0. The number of ether oxygens (including phenoxy) is 1. The van der Waals surface area contributed by atoms with Gasteiger partial charge in [-0.1, -0.05) is 49.4 Å². The highest BCUT2D eigenvalue weighted by molar-refractivity contribution is 5.86. The minimum Gasteiger partial charge on any atom is -0.473 e. The highest BCUT2D eigenvalue weighted by Gasteiger charge is 2.24. The van der Waals surface area contributed by atoms with Crippen LogP contribution in [0.15, 0.2) is 48.5 Å². The molecule has 1 aliphatic heterocycles. The van der Waals surface area contributed by atoms with Gasteiger partial charge in [0.05, 0.1) is 5.52 Å². The zero-order chi connectivity index (χ0) is 18.1. The summed E-state index contributed by atoms with van der Waals surface area (Å²) in [6, 6.07) is 17.3. The lowest BCUT2D eigenvalue weighted by molar-refractivity contribution is 0.136. The lowest BCUT2D eigenvalue weighted by Crippen LogP contribution is -2.32. The van der Waals surface area contributed by atoms with Gasteiger partial charge in [0.25, 0.3) is 0 Å². The summed E-state index contributed by atoms with van der Waals surface area (Å²) in [5, 5.41) is 1.24. The van der Waals surface area contributed by atoms with Crippen molar-refractivity contribution in [3.8, 4) is 5.88 Å².